The van der Waals surface area contributed by atoms with E-state index in [1.165, 1.54) is 0 Å². The van der Waals surface area contributed by atoms with Crippen molar-refractivity contribution in [2.75, 3.05) is 19.7 Å². The number of piperidine rings is 1. The molecule has 0 bridgehead atoms. The van der Waals surface area contributed by atoms with Crippen molar-refractivity contribution in [3.63, 3.8) is 0 Å². The van der Waals surface area contributed by atoms with Gasteiger partial charge in [-0.05, 0) is 38.3 Å². The molecule has 0 aliphatic carbocycles. The van der Waals surface area contributed by atoms with Gasteiger partial charge >= 0.3 is 5.97 Å². The lowest BCUT2D eigenvalue weighted by Crippen LogP contribution is -2.38. The van der Waals surface area contributed by atoms with E-state index in [0.29, 0.717) is 11.3 Å². The third-order valence-corrected chi connectivity index (χ3v) is 5.32. The van der Waals surface area contributed by atoms with Crippen molar-refractivity contribution in [1.29, 1.82) is 0 Å². The highest BCUT2D eigenvalue weighted by Gasteiger charge is 2.20. The van der Waals surface area contributed by atoms with Crippen LogP contribution in [0.4, 0.5) is 0 Å². The predicted molar refractivity (Wildman–Crippen MR) is 113 cm³/mol. The number of hydrogen-bond acceptors (Lipinski definition) is 4. The second-order valence-electron chi connectivity index (χ2n) is 7.46. The Morgan fingerprint density at radius 3 is 2.48 bits per heavy atom. The fourth-order valence-electron chi connectivity index (χ4n) is 3.66. The molecule has 0 spiro atoms. The third-order valence-electron chi connectivity index (χ3n) is 5.32. The molecule has 29 heavy (non-hydrogen) atoms. The number of carbonyl (C=O) groups excluding carboxylic acids is 2. The fourth-order valence-corrected chi connectivity index (χ4v) is 3.66. The second kappa shape index (κ2) is 8.43. The molecular weight excluding hydrogens is 364 g/mol. The highest BCUT2D eigenvalue weighted by molar-refractivity contribution is 6.05. The lowest BCUT2D eigenvalue weighted by molar-refractivity contribution is -0.135. The molecule has 1 aromatic heterocycles. The van der Waals surface area contributed by atoms with Gasteiger partial charge in [-0.25, -0.2) is 9.78 Å². The summed E-state index contributed by atoms with van der Waals surface area (Å²) < 4.78 is 5.40. The Kier molecular flexibility index (Phi) is 5.56. The van der Waals surface area contributed by atoms with Crippen molar-refractivity contribution in [2.24, 2.45) is 0 Å². The molecule has 2 heterocycles. The predicted octanol–water partition coefficient (Wildman–Crippen LogP) is 4.38. The summed E-state index contributed by atoms with van der Waals surface area (Å²) in [6.07, 6.45) is 3.16. The van der Waals surface area contributed by atoms with E-state index in [4.69, 9.17) is 9.72 Å². The van der Waals surface area contributed by atoms with E-state index in [0.717, 1.165) is 54.4 Å². The number of amides is 1. The van der Waals surface area contributed by atoms with Crippen LogP contribution in [-0.2, 0) is 9.53 Å². The third kappa shape index (κ3) is 4.29. The summed E-state index contributed by atoms with van der Waals surface area (Å²) >= 11 is 0. The number of benzene rings is 2. The summed E-state index contributed by atoms with van der Waals surface area (Å²) in [5.41, 5.74) is 3.95. The molecule has 148 valence electrons. The van der Waals surface area contributed by atoms with Gasteiger partial charge in [0.15, 0.2) is 6.61 Å². The number of pyridine rings is 1. The molecule has 1 aliphatic rings. The number of ether oxygens (including phenoxy) is 1. The van der Waals surface area contributed by atoms with Gasteiger partial charge in [0.05, 0.1) is 16.8 Å². The number of nitrogens with zero attached hydrogens (tertiary/aromatic N) is 2. The molecule has 1 saturated heterocycles. The summed E-state index contributed by atoms with van der Waals surface area (Å²) in [5, 5.41) is 0.721. The minimum Gasteiger partial charge on any atom is -0.452 e. The maximum atomic E-state index is 12.9. The Morgan fingerprint density at radius 1 is 1.00 bits per heavy atom. The minimum atomic E-state index is -0.498. The van der Waals surface area contributed by atoms with Gasteiger partial charge in [-0.3, -0.25) is 4.79 Å². The van der Waals surface area contributed by atoms with Crippen molar-refractivity contribution >= 4 is 22.8 Å². The molecule has 0 unspecified atom stereocenters. The summed E-state index contributed by atoms with van der Waals surface area (Å²) in [6, 6.07) is 17.2. The lowest BCUT2D eigenvalue weighted by Gasteiger charge is -2.26. The van der Waals surface area contributed by atoms with E-state index in [-0.39, 0.29) is 12.5 Å². The Hall–Kier alpha value is -3.21. The highest BCUT2D eigenvalue weighted by Crippen LogP contribution is 2.25. The van der Waals surface area contributed by atoms with Crippen LogP contribution in [0.25, 0.3) is 22.2 Å². The van der Waals surface area contributed by atoms with Gasteiger partial charge in [0.2, 0.25) is 0 Å². The van der Waals surface area contributed by atoms with Gasteiger partial charge in [0.1, 0.15) is 0 Å². The number of likely N-dealkylation sites (tertiary alicyclic amines) is 1. The summed E-state index contributed by atoms with van der Waals surface area (Å²) in [7, 11) is 0. The molecule has 5 heteroatoms. The van der Waals surface area contributed by atoms with Crippen molar-refractivity contribution < 1.29 is 14.3 Å². The van der Waals surface area contributed by atoms with Crippen molar-refractivity contribution in [2.45, 2.75) is 26.2 Å². The second-order valence-corrected chi connectivity index (χ2v) is 7.46. The SMILES string of the molecule is Cc1ccc(-c2cc(C(=O)OCC(=O)N3CCCCC3)c3ccccc3n2)cc1. The number of rotatable bonds is 4. The van der Waals surface area contributed by atoms with Gasteiger partial charge in [-0.2, -0.15) is 0 Å². The molecule has 0 atom stereocenters. The molecular formula is C24H24N2O3. The van der Waals surface area contributed by atoms with Crippen LogP contribution in [0, 0.1) is 6.92 Å². The van der Waals surface area contributed by atoms with E-state index in [1.54, 1.807) is 11.0 Å². The Labute approximate surface area is 170 Å². The number of esters is 1. The Bertz CT molecular complexity index is 1040. The van der Waals surface area contributed by atoms with Crippen LogP contribution >= 0.6 is 0 Å². The molecule has 0 radical (unpaired) electrons. The van der Waals surface area contributed by atoms with Crippen molar-refractivity contribution in [3.8, 4) is 11.3 Å². The number of fused-ring (bicyclic) bond motifs is 1. The Morgan fingerprint density at radius 2 is 1.72 bits per heavy atom. The summed E-state index contributed by atoms with van der Waals surface area (Å²) in [6.45, 7) is 3.29. The number of aromatic nitrogens is 1. The van der Waals surface area contributed by atoms with Gasteiger partial charge in [0, 0.05) is 24.0 Å². The standard InChI is InChI=1S/C24H24N2O3/c1-17-9-11-18(12-10-17)22-15-20(19-7-3-4-8-21(19)25-22)24(28)29-16-23(27)26-13-5-2-6-14-26/h3-4,7-12,15H,2,5-6,13-14,16H2,1H3. The zero-order valence-electron chi connectivity index (χ0n) is 16.6. The zero-order chi connectivity index (χ0) is 20.2. The molecule has 5 nitrogen and oxygen atoms in total. The number of carbonyl (C=O) groups is 2. The summed E-state index contributed by atoms with van der Waals surface area (Å²) in [4.78, 5) is 31.7. The van der Waals surface area contributed by atoms with Crippen LogP contribution in [0.15, 0.2) is 54.6 Å². The van der Waals surface area contributed by atoms with Crippen LogP contribution in [-0.4, -0.2) is 41.5 Å². The smallest absolute Gasteiger partial charge is 0.339 e. The van der Waals surface area contributed by atoms with Crippen LogP contribution in [0.2, 0.25) is 0 Å². The molecule has 1 fully saturated rings. The van der Waals surface area contributed by atoms with Gasteiger partial charge in [0.25, 0.3) is 5.91 Å². The molecule has 1 aliphatic heterocycles. The normalized spacial score (nSPS) is 14.0. The quantitative estimate of drug-likeness (QED) is 0.623. The maximum Gasteiger partial charge on any atom is 0.339 e. The highest BCUT2D eigenvalue weighted by atomic mass is 16.5. The van der Waals surface area contributed by atoms with Crippen molar-refractivity contribution in [3.05, 3.63) is 65.7 Å². The van der Waals surface area contributed by atoms with E-state index in [2.05, 4.69) is 0 Å². The van der Waals surface area contributed by atoms with Crippen LogP contribution in [0.1, 0.15) is 35.2 Å². The fraction of sp³-hybridized carbons (Fsp3) is 0.292. The molecule has 0 saturated carbocycles. The largest absolute Gasteiger partial charge is 0.452 e. The maximum absolute atomic E-state index is 12.9. The van der Waals surface area contributed by atoms with Gasteiger partial charge in [-0.1, -0.05) is 48.0 Å². The van der Waals surface area contributed by atoms with Gasteiger partial charge < -0.3 is 9.64 Å². The van der Waals surface area contributed by atoms with E-state index < -0.39 is 5.97 Å². The zero-order valence-corrected chi connectivity index (χ0v) is 16.6. The van der Waals surface area contributed by atoms with Crippen LogP contribution in [0.5, 0.6) is 0 Å². The van der Waals surface area contributed by atoms with Crippen LogP contribution in [0.3, 0.4) is 0 Å². The first-order valence-corrected chi connectivity index (χ1v) is 10.0. The lowest BCUT2D eigenvalue weighted by atomic mass is 10.0. The monoisotopic (exact) mass is 388 g/mol. The molecule has 1 amide bonds. The van der Waals surface area contributed by atoms with Crippen molar-refractivity contribution in [1.82, 2.24) is 9.88 Å². The van der Waals surface area contributed by atoms with E-state index in [1.807, 2.05) is 55.5 Å². The molecule has 4 rings (SSSR count). The van der Waals surface area contributed by atoms with E-state index >= 15 is 0 Å². The number of aryl methyl sites for hydroxylation is 1. The number of hydrogen-bond donors (Lipinski definition) is 0. The topological polar surface area (TPSA) is 59.5 Å². The molecule has 2 aromatic carbocycles. The first-order valence-electron chi connectivity index (χ1n) is 10.0. The molecule has 3 aromatic rings. The van der Waals surface area contributed by atoms with E-state index in [9.17, 15) is 9.59 Å². The summed E-state index contributed by atoms with van der Waals surface area (Å²) in [5.74, 6) is -0.627. The average molecular weight is 388 g/mol. The number of para-hydroxylation sites is 1. The Balaban J connectivity index is 1.60. The van der Waals surface area contributed by atoms with Gasteiger partial charge in [-0.15, -0.1) is 0 Å². The minimum absolute atomic E-state index is 0.129. The molecule has 0 N–H and O–H groups in total. The van der Waals surface area contributed by atoms with Crippen LogP contribution < -0.4 is 0 Å². The average Bonchev–Trinajstić information content (AvgIpc) is 2.77. The first-order chi connectivity index (χ1) is 14.1. The first kappa shape index (κ1) is 19.1.